The van der Waals surface area contributed by atoms with E-state index in [-0.39, 0.29) is 17.8 Å². The Balaban J connectivity index is 5.01. The molecule has 0 radical (unpaired) electrons. The van der Waals surface area contributed by atoms with E-state index in [0.717, 1.165) is 0 Å². The third-order valence-corrected chi connectivity index (χ3v) is 4.79. The van der Waals surface area contributed by atoms with Crippen LogP contribution in [-0.4, -0.2) is 66.6 Å². The number of rotatable bonds is 15. The lowest BCUT2D eigenvalue weighted by molar-refractivity contribution is -0.132. The second-order valence-electron chi connectivity index (χ2n) is 7.46. The largest absolute Gasteiger partial charge is 0.370 e. The van der Waals surface area contributed by atoms with Crippen LogP contribution in [0.4, 0.5) is 0 Å². The van der Waals surface area contributed by atoms with E-state index in [1.807, 2.05) is 20.1 Å². The van der Waals surface area contributed by atoms with Crippen LogP contribution >= 0.6 is 11.8 Å². The van der Waals surface area contributed by atoms with Crippen LogP contribution in [-0.2, 0) is 19.2 Å². The average molecular weight is 445 g/mol. The summed E-state index contributed by atoms with van der Waals surface area (Å²) in [5, 5.41) is 17.8. The fourth-order valence-electron chi connectivity index (χ4n) is 2.73. The van der Waals surface area contributed by atoms with E-state index in [1.54, 1.807) is 11.8 Å². The van der Waals surface area contributed by atoms with Crippen LogP contribution in [0.2, 0.25) is 0 Å². The van der Waals surface area contributed by atoms with Gasteiger partial charge in [0, 0.05) is 13.5 Å². The van der Waals surface area contributed by atoms with Gasteiger partial charge in [-0.15, -0.1) is 0 Å². The van der Waals surface area contributed by atoms with E-state index in [4.69, 9.17) is 11.1 Å². The van der Waals surface area contributed by atoms with Crippen molar-refractivity contribution < 1.29 is 19.2 Å². The SMILES string of the molecule is CSCC[C@H](NC(C)=O)C(=O)N[C@@H](CC(C)C)C(=O)N[C@H](C=O)CCCNC(=N)N. The lowest BCUT2D eigenvalue weighted by atomic mass is 10.0. The van der Waals surface area contributed by atoms with Gasteiger partial charge < -0.3 is 31.8 Å². The van der Waals surface area contributed by atoms with Crippen molar-refractivity contribution >= 4 is 41.7 Å². The van der Waals surface area contributed by atoms with Crippen LogP contribution in [0.25, 0.3) is 0 Å². The fourth-order valence-corrected chi connectivity index (χ4v) is 3.20. The van der Waals surface area contributed by atoms with Crippen molar-refractivity contribution in [2.75, 3.05) is 18.6 Å². The first-order valence-corrected chi connectivity index (χ1v) is 11.4. The number of carbonyl (C=O) groups excluding carboxylic acids is 4. The van der Waals surface area contributed by atoms with Gasteiger partial charge in [0.25, 0.3) is 0 Å². The highest BCUT2D eigenvalue weighted by atomic mass is 32.2. The summed E-state index contributed by atoms with van der Waals surface area (Å²) in [6.07, 6.45) is 4.30. The zero-order chi connectivity index (χ0) is 23.1. The number of guanidine groups is 1. The lowest BCUT2D eigenvalue weighted by Gasteiger charge is -2.25. The number of amides is 3. The van der Waals surface area contributed by atoms with Crippen LogP contribution in [0.15, 0.2) is 0 Å². The molecule has 11 heteroatoms. The molecule has 0 saturated heterocycles. The first-order chi connectivity index (χ1) is 14.1. The number of hydrogen-bond acceptors (Lipinski definition) is 6. The van der Waals surface area contributed by atoms with Crippen LogP contribution in [0, 0.1) is 11.3 Å². The summed E-state index contributed by atoms with van der Waals surface area (Å²) in [6, 6.07) is -2.25. The minimum atomic E-state index is -0.819. The molecule has 0 unspecified atom stereocenters. The Morgan fingerprint density at radius 3 is 2.20 bits per heavy atom. The quantitative estimate of drug-likeness (QED) is 0.0874. The maximum Gasteiger partial charge on any atom is 0.243 e. The molecule has 0 fully saturated rings. The van der Waals surface area contributed by atoms with Gasteiger partial charge in [-0.3, -0.25) is 19.8 Å². The van der Waals surface area contributed by atoms with Gasteiger partial charge in [-0.2, -0.15) is 11.8 Å². The summed E-state index contributed by atoms with van der Waals surface area (Å²) in [5.74, 6) is -0.534. The molecule has 172 valence electrons. The van der Waals surface area contributed by atoms with E-state index in [2.05, 4.69) is 21.3 Å². The van der Waals surface area contributed by atoms with Crippen molar-refractivity contribution in [2.24, 2.45) is 11.7 Å². The molecule has 0 aliphatic heterocycles. The minimum absolute atomic E-state index is 0.126. The zero-order valence-corrected chi connectivity index (χ0v) is 19.1. The van der Waals surface area contributed by atoms with Gasteiger partial charge in [0.2, 0.25) is 17.7 Å². The van der Waals surface area contributed by atoms with Gasteiger partial charge in [0.1, 0.15) is 18.4 Å². The second-order valence-corrected chi connectivity index (χ2v) is 8.44. The van der Waals surface area contributed by atoms with Crippen molar-refractivity contribution in [1.82, 2.24) is 21.3 Å². The van der Waals surface area contributed by atoms with Crippen molar-refractivity contribution in [2.45, 2.75) is 64.6 Å². The Morgan fingerprint density at radius 2 is 1.70 bits per heavy atom. The predicted molar refractivity (Wildman–Crippen MR) is 119 cm³/mol. The summed E-state index contributed by atoms with van der Waals surface area (Å²) >= 11 is 1.56. The van der Waals surface area contributed by atoms with E-state index in [9.17, 15) is 19.2 Å². The van der Waals surface area contributed by atoms with Crippen LogP contribution < -0.4 is 27.0 Å². The van der Waals surface area contributed by atoms with Crippen molar-refractivity contribution in [1.29, 1.82) is 5.41 Å². The highest BCUT2D eigenvalue weighted by Gasteiger charge is 2.27. The second kappa shape index (κ2) is 15.5. The van der Waals surface area contributed by atoms with Crippen molar-refractivity contribution in [3.8, 4) is 0 Å². The molecule has 30 heavy (non-hydrogen) atoms. The first-order valence-electron chi connectivity index (χ1n) is 10.0. The maximum absolute atomic E-state index is 12.7. The summed E-state index contributed by atoms with van der Waals surface area (Å²) in [7, 11) is 0. The zero-order valence-electron chi connectivity index (χ0n) is 18.2. The van der Waals surface area contributed by atoms with Gasteiger partial charge in [-0.05, 0) is 43.6 Å². The predicted octanol–water partition coefficient (Wildman–Crippen LogP) is -0.278. The van der Waals surface area contributed by atoms with Gasteiger partial charge in [0.05, 0.1) is 6.04 Å². The molecular formula is C19H36N6O4S. The molecular weight excluding hydrogens is 408 g/mol. The van der Waals surface area contributed by atoms with Gasteiger partial charge in [-0.25, -0.2) is 0 Å². The molecule has 0 aromatic carbocycles. The Hall–Kier alpha value is -2.30. The third kappa shape index (κ3) is 13.0. The molecule has 0 aromatic rings. The number of nitrogens with one attached hydrogen (secondary N) is 5. The normalized spacial score (nSPS) is 13.6. The monoisotopic (exact) mass is 444 g/mol. The standard InChI is InChI=1S/C19H36N6O4S/c1-12(2)10-16(25-17(28)15(7-9-30-4)23-13(3)27)18(29)24-14(11-26)6-5-8-22-19(20)21/h11-12,14-16H,5-10H2,1-4H3,(H,23,27)(H,24,29)(H,25,28)(H4,20,21,22)/t14-,15-,16-/m0/s1. The van der Waals surface area contributed by atoms with Gasteiger partial charge >= 0.3 is 0 Å². The lowest BCUT2D eigenvalue weighted by Crippen LogP contribution is -2.55. The molecule has 0 heterocycles. The smallest absolute Gasteiger partial charge is 0.243 e. The number of nitrogens with two attached hydrogens (primary N) is 1. The fraction of sp³-hybridized carbons (Fsp3) is 0.737. The first kappa shape index (κ1) is 27.7. The molecule has 0 aromatic heterocycles. The highest BCUT2D eigenvalue weighted by Crippen LogP contribution is 2.08. The summed E-state index contributed by atoms with van der Waals surface area (Å²) < 4.78 is 0. The number of thioether (sulfide) groups is 1. The third-order valence-electron chi connectivity index (χ3n) is 4.14. The van der Waals surface area contributed by atoms with Gasteiger partial charge in [0.15, 0.2) is 5.96 Å². The average Bonchev–Trinajstić information content (AvgIpc) is 2.65. The summed E-state index contributed by atoms with van der Waals surface area (Å²) in [6.45, 7) is 5.61. The Bertz CT molecular complexity index is 587. The molecule has 0 bridgehead atoms. The highest BCUT2D eigenvalue weighted by molar-refractivity contribution is 7.98. The topological polar surface area (TPSA) is 166 Å². The van der Waals surface area contributed by atoms with E-state index < -0.39 is 29.9 Å². The molecule has 0 rings (SSSR count). The molecule has 3 amide bonds. The van der Waals surface area contributed by atoms with E-state index in [1.165, 1.54) is 6.92 Å². The van der Waals surface area contributed by atoms with Crippen molar-refractivity contribution in [3.05, 3.63) is 0 Å². The number of hydrogen-bond donors (Lipinski definition) is 6. The number of aldehydes is 1. The van der Waals surface area contributed by atoms with E-state index in [0.29, 0.717) is 44.3 Å². The Labute approximate surface area is 182 Å². The van der Waals surface area contributed by atoms with Crippen LogP contribution in [0.3, 0.4) is 0 Å². The molecule has 10 nitrogen and oxygen atoms in total. The van der Waals surface area contributed by atoms with Crippen LogP contribution in [0.1, 0.15) is 46.5 Å². The summed E-state index contributed by atoms with van der Waals surface area (Å²) in [5.41, 5.74) is 5.20. The minimum Gasteiger partial charge on any atom is -0.370 e. The number of carbonyl (C=O) groups is 4. The Kier molecular flexibility index (Phi) is 14.3. The molecule has 7 N–H and O–H groups in total. The van der Waals surface area contributed by atoms with Crippen LogP contribution in [0.5, 0.6) is 0 Å². The summed E-state index contributed by atoms with van der Waals surface area (Å²) in [4.78, 5) is 48.2. The van der Waals surface area contributed by atoms with Gasteiger partial charge in [-0.1, -0.05) is 13.8 Å². The molecule has 0 aliphatic rings. The maximum atomic E-state index is 12.7. The molecule has 0 spiro atoms. The van der Waals surface area contributed by atoms with Crippen molar-refractivity contribution in [3.63, 3.8) is 0 Å². The molecule has 3 atom stereocenters. The molecule has 0 aliphatic carbocycles. The molecule has 0 saturated carbocycles. The Morgan fingerprint density at radius 1 is 1.07 bits per heavy atom. The van der Waals surface area contributed by atoms with E-state index >= 15 is 0 Å².